The lowest BCUT2D eigenvalue weighted by Crippen LogP contribution is -2.33. The summed E-state index contributed by atoms with van der Waals surface area (Å²) in [6, 6.07) is 7.94. The van der Waals surface area contributed by atoms with Crippen LogP contribution in [0.4, 0.5) is 0 Å². The number of hydrogen-bond acceptors (Lipinski definition) is 3. The highest BCUT2D eigenvalue weighted by molar-refractivity contribution is 6.30. The van der Waals surface area contributed by atoms with Crippen molar-refractivity contribution in [2.75, 3.05) is 6.54 Å². The second-order valence-electron chi connectivity index (χ2n) is 5.08. The van der Waals surface area contributed by atoms with Crippen LogP contribution in [-0.2, 0) is 4.74 Å². The summed E-state index contributed by atoms with van der Waals surface area (Å²) in [6.45, 7) is 0.759. The van der Waals surface area contributed by atoms with Crippen LogP contribution in [0.5, 0.6) is 0 Å². The average molecular weight is 265 g/mol. The van der Waals surface area contributed by atoms with E-state index in [9.17, 15) is 0 Å². The normalized spacial score (nSPS) is 30.6. The van der Waals surface area contributed by atoms with Crippen molar-refractivity contribution in [2.45, 2.75) is 31.4 Å². The smallest absolute Gasteiger partial charge is 0.216 e. The highest BCUT2D eigenvalue weighted by Crippen LogP contribution is 2.33. The molecule has 1 saturated carbocycles. The van der Waals surface area contributed by atoms with E-state index in [2.05, 4.69) is 0 Å². The molecule has 1 heterocycles. The van der Waals surface area contributed by atoms with Crippen molar-refractivity contribution in [1.29, 1.82) is 0 Å². The van der Waals surface area contributed by atoms with Crippen LogP contribution in [-0.4, -0.2) is 24.6 Å². The Kier molecular flexibility index (Phi) is 3.27. The molecule has 1 aliphatic heterocycles. The van der Waals surface area contributed by atoms with Gasteiger partial charge in [0.1, 0.15) is 6.10 Å². The third-order valence-electron chi connectivity index (χ3n) is 3.83. The van der Waals surface area contributed by atoms with Gasteiger partial charge in [-0.1, -0.05) is 11.6 Å². The van der Waals surface area contributed by atoms with Crippen molar-refractivity contribution in [2.24, 2.45) is 16.6 Å². The molecule has 96 valence electrons. The molecule has 0 radical (unpaired) electrons. The Morgan fingerprint density at radius 1 is 1.28 bits per heavy atom. The van der Waals surface area contributed by atoms with Crippen LogP contribution in [0.1, 0.15) is 24.8 Å². The fourth-order valence-electron chi connectivity index (χ4n) is 2.75. The van der Waals surface area contributed by atoms with Gasteiger partial charge in [0.25, 0.3) is 0 Å². The molecule has 0 saturated heterocycles. The van der Waals surface area contributed by atoms with Crippen molar-refractivity contribution in [3.8, 4) is 0 Å². The van der Waals surface area contributed by atoms with E-state index in [1.165, 1.54) is 0 Å². The number of aliphatic imine (C=N–C) groups is 1. The summed E-state index contributed by atoms with van der Waals surface area (Å²) in [6.07, 6.45) is 3.52. The standard InChI is InChI=1S/C14H17ClN2O/c15-11-4-2-10(3-5-11)14-17-12-7-9(8-16)1-6-13(12)18-14/h2-5,9,12-13H,1,6-8,16H2. The van der Waals surface area contributed by atoms with Crippen LogP contribution >= 0.6 is 11.6 Å². The minimum absolute atomic E-state index is 0.249. The Bertz CT molecular complexity index is 457. The van der Waals surface area contributed by atoms with Gasteiger partial charge >= 0.3 is 0 Å². The monoisotopic (exact) mass is 264 g/mol. The molecule has 0 spiro atoms. The molecule has 1 aromatic carbocycles. The van der Waals surface area contributed by atoms with E-state index in [0.717, 1.165) is 42.3 Å². The van der Waals surface area contributed by atoms with Gasteiger partial charge < -0.3 is 10.5 Å². The lowest BCUT2D eigenvalue weighted by molar-refractivity contribution is 0.130. The Morgan fingerprint density at radius 3 is 2.78 bits per heavy atom. The summed E-state index contributed by atoms with van der Waals surface area (Å²) >= 11 is 5.88. The van der Waals surface area contributed by atoms with Crippen molar-refractivity contribution in [3.05, 3.63) is 34.9 Å². The maximum atomic E-state index is 5.95. The number of ether oxygens (including phenoxy) is 1. The summed E-state index contributed by atoms with van der Waals surface area (Å²) in [5.41, 5.74) is 6.76. The second-order valence-corrected chi connectivity index (χ2v) is 5.52. The van der Waals surface area contributed by atoms with E-state index in [0.29, 0.717) is 5.92 Å². The van der Waals surface area contributed by atoms with Crippen LogP contribution in [0.15, 0.2) is 29.3 Å². The number of benzene rings is 1. The maximum Gasteiger partial charge on any atom is 0.216 e. The molecule has 3 rings (SSSR count). The highest BCUT2D eigenvalue weighted by atomic mass is 35.5. The van der Waals surface area contributed by atoms with Gasteiger partial charge in [0.2, 0.25) is 5.90 Å². The average Bonchev–Trinajstić information content (AvgIpc) is 2.82. The zero-order valence-corrected chi connectivity index (χ0v) is 10.9. The van der Waals surface area contributed by atoms with Crippen molar-refractivity contribution < 1.29 is 4.74 Å². The lowest BCUT2D eigenvalue weighted by atomic mass is 9.84. The van der Waals surface area contributed by atoms with Crippen molar-refractivity contribution in [3.63, 3.8) is 0 Å². The predicted octanol–water partition coefficient (Wildman–Crippen LogP) is 2.61. The molecule has 18 heavy (non-hydrogen) atoms. The molecule has 4 heteroatoms. The molecule has 3 atom stereocenters. The molecule has 3 nitrogen and oxygen atoms in total. The van der Waals surface area contributed by atoms with Crippen LogP contribution < -0.4 is 5.73 Å². The van der Waals surface area contributed by atoms with E-state index in [4.69, 9.17) is 27.1 Å². The molecule has 0 aromatic heterocycles. The zero-order chi connectivity index (χ0) is 12.5. The molecular weight excluding hydrogens is 248 g/mol. The molecule has 1 aliphatic carbocycles. The first-order valence-corrected chi connectivity index (χ1v) is 6.84. The number of nitrogens with two attached hydrogens (primary N) is 1. The molecule has 1 aromatic rings. The number of fused-ring (bicyclic) bond motifs is 1. The van der Waals surface area contributed by atoms with Crippen LogP contribution in [0.3, 0.4) is 0 Å². The maximum absolute atomic E-state index is 5.95. The first-order chi connectivity index (χ1) is 8.76. The van der Waals surface area contributed by atoms with Crippen LogP contribution in [0.2, 0.25) is 5.02 Å². The summed E-state index contributed by atoms with van der Waals surface area (Å²) in [7, 11) is 0. The summed E-state index contributed by atoms with van der Waals surface area (Å²) < 4.78 is 5.95. The fourth-order valence-corrected chi connectivity index (χ4v) is 2.88. The second kappa shape index (κ2) is 4.90. The molecule has 3 unspecified atom stereocenters. The summed E-state index contributed by atoms with van der Waals surface area (Å²) in [4.78, 5) is 4.70. The first-order valence-electron chi connectivity index (χ1n) is 6.46. The van der Waals surface area contributed by atoms with Crippen LogP contribution in [0, 0.1) is 5.92 Å². The van der Waals surface area contributed by atoms with E-state index < -0.39 is 0 Å². The van der Waals surface area contributed by atoms with Crippen molar-refractivity contribution in [1.82, 2.24) is 0 Å². The van der Waals surface area contributed by atoms with Gasteiger partial charge in [0.05, 0.1) is 6.04 Å². The molecule has 1 fully saturated rings. The lowest BCUT2D eigenvalue weighted by Gasteiger charge is -2.28. The van der Waals surface area contributed by atoms with Gasteiger partial charge in [-0.2, -0.15) is 0 Å². The quantitative estimate of drug-likeness (QED) is 0.893. The Labute approximate surface area is 112 Å². The number of nitrogens with zero attached hydrogens (tertiary/aromatic N) is 1. The SMILES string of the molecule is NCC1CCC2OC(c3ccc(Cl)cc3)=NC2C1. The summed E-state index contributed by atoms with van der Waals surface area (Å²) in [5, 5.41) is 0.734. The first kappa shape index (κ1) is 12.0. The molecular formula is C14H17ClN2O. The van der Waals surface area contributed by atoms with E-state index >= 15 is 0 Å². The Morgan fingerprint density at radius 2 is 2.06 bits per heavy atom. The molecule has 0 bridgehead atoms. The Hall–Kier alpha value is -1.06. The van der Waals surface area contributed by atoms with Gasteiger partial charge in [-0.25, -0.2) is 4.99 Å². The largest absolute Gasteiger partial charge is 0.472 e. The molecule has 0 amide bonds. The van der Waals surface area contributed by atoms with Crippen molar-refractivity contribution >= 4 is 17.5 Å². The predicted molar refractivity (Wildman–Crippen MR) is 73.0 cm³/mol. The minimum atomic E-state index is 0.249. The van der Waals surface area contributed by atoms with Crippen LogP contribution in [0.25, 0.3) is 0 Å². The highest BCUT2D eigenvalue weighted by Gasteiger charge is 2.36. The van der Waals surface area contributed by atoms with Gasteiger partial charge in [-0.05, 0) is 56.0 Å². The number of halogens is 1. The molecule has 2 aliphatic rings. The van der Waals surface area contributed by atoms with Gasteiger partial charge in [0.15, 0.2) is 0 Å². The third-order valence-corrected chi connectivity index (χ3v) is 4.09. The zero-order valence-electron chi connectivity index (χ0n) is 10.2. The number of rotatable bonds is 2. The van der Waals surface area contributed by atoms with Gasteiger partial charge in [0, 0.05) is 10.6 Å². The fraction of sp³-hybridized carbons (Fsp3) is 0.500. The Balaban J connectivity index is 1.77. The number of hydrogen-bond donors (Lipinski definition) is 1. The van der Waals surface area contributed by atoms with E-state index in [1.807, 2.05) is 24.3 Å². The molecule has 2 N–H and O–H groups in total. The third kappa shape index (κ3) is 2.25. The van der Waals surface area contributed by atoms with Gasteiger partial charge in [-0.15, -0.1) is 0 Å². The minimum Gasteiger partial charge on any atom is -0.472 e. The van der Waals surface area contributed by atoms with Gasteiger partial charge in [-0.3, -0.25) is 0 Å². The topological polar surface area (TPSA) is 47.6 Å². The summed E-state index contributed by atoms with van der Waals surface area (Å²) in [5.74, 6) is 1.36. The van der Waals surface area contributed by atoms with E-state index in [1.54, 1.807) is 0 Å². The van der Waals surface area contributed by atoms with E-state index in [-0.39, 0.29) is 12.1 Å².